The van der Waals surface area contributed by atoms with Crippen LogP contribution in [0.3, 0.4) is 0 Å². The molecule has 0 amide bonds. The van der Waals surface area contributed by atoms with E-state index < -0.39 is 18.1 Å². The average Bonchev–Trinajstić information content (AvgIpc) is 2.68. The summed E-state index contributed by atoms with van der Waals surface area (Å²) in [6.07, 6.45) is -0.978. The van der Waals surface area contributed by atoms with E-state index in [4.69, 9.17) is 10.5 Å². The number of hydrogen-bond donors (Lipinski definition) is 2. The zero-order chi connectivity index (χ0) is 10.6. The van der Waals surface area contributed by atoms with Crippen molar-refractivity contribution in [3.63, 3.8) is 0 Å². The summed E-state index contributed by atoms with van der Waals surface area (Å²) < 4.78 is 4.70. The second-order valence-electron chi connectivity index (χ2n) is 2.74. The van der Waals surface area contributed by atoms with E-state index in [0.29, 0.717) is 4.88 Å². The first-order valence-electron chi connectivity index (χ1n) is 4.30. The predicted molar refractivity (Wildman–Crippen MR) is 53.9 cm³/mol. The number of carbonyl (C=O) groups is 1. The zero-order valence-corrected chi connectivity index (χ0v) is 8.66. The lowest BCUT2D eigenvalue weighted by molar-refractivity contribution is -0.147. The van der Waals surface area contributed by atoms with Crippen molar-refractivity contribution in [3.8, 4) is 0 Å². The average molecular weight is 215 g/mol. The van der Waals surface area contributed by atoms with Gasteiger partial charge in [-0.05, 0) is 18.4 Å². The molecule has 1 aromatic heterocycles. The lowest BCUT2D eigenvalue weighted by Crippen LogP contribution is -2.37. The highest BCUT2D eigenvalue weighted by atomic mass is 32.1. The maximum absolute atomic E-state index is 11.2. The van der Waals surface area contributed by atoms with Gasteiger partial charge in [0.15, 0.2) is 0 Å². The van der Waals surface area contributed by atoms with Crippen molar-refractivity contribution in [2.45, 2.75) is 19.1 Å². The molecule has 14 heavy (non-hydrogen) atoms. The normalized spacial score (nSPS) is 14.8. The van der Waals surface area contributed by atoms with Crippen LogP contribution >= 0.6 is 11.3 Å². The maximum Gasteiger partial charge on any atom is 0.326 e. The molecule has 5 heteroatoms. The van der Waals surface area contributed by atoms with Crippen molar-refractivity contribution in [1.82, 2.24) is 0 Å². The van der Waals surface area contributed by atoms with Crippen LogP contribution < -0.4 is 5.73 Å². The van der Waals surface area contributed by atoms with Gasteiger partial charge in [-0.25, -0.2) is 0 Å². The third kappa shape index (κ3) is 2.54. The van der Waals surface area contributed by atoms with Gasteiger partial charge in [0.2, 0.25) is 0 Å². The minimum Gasteiger partial charge on any atom is -0.465 e. The molecule has 0 saturated carbocycles. The van der Waals surface area contributed by atoms with Gasteiger partial charge in [0.1, 0.15) is 12.1 Å². The largest absolute Gasteiger partial charge is 0.465 e. The fraction of sp³-hybridized carbons (Fsp3) is 0.444. The van der Waals surface area contributed by atoms with E-state index in [1.54, 1.807) is 19.1 Å². The van der Waals surface area contributed by atoms with Crippen molar-refractivity contribution in [3.05, 3.63) is 22.4 Å². The van der Waals surface area contributed by atoms with Crippen molar-refractivity contribution in [1.29, 1.82) is 0 Å². The molecule has 0 aliphatic carbocycles. The Morgan fingerprint density at radius 1 is 1.79 bits per heavy atom. The molecule has 0 aliphatic heterocycles. The molecule has 2 atom stereocenters. The highest BCUT2D eigenvalue weighted by Crippen LogP contribution is 2.21. The highest BCUT2D eigenvalue weighted by Gasteiger charge is 2.25. The molecule has 0 saturated heterocycles. The van der Waals surface area contributed by atoms with Crippen LogP contribution in [0.1, 0.15) is 17.9 Å². The van der Waals surface area contributed by atoms with Gasteiger partial charge in [0, 0.05) is 4.88 Å². The van der Waals surface area contributed by atoms with E-state index in [1.165, 1.54) is 11.3 Å². The fourth-order valence-electron chi connectivity index (χ4n) is 1.00. The van der Waals surface area contributed by atoms with E-state index in [-0.39, 0.29) is 6.61 Å². The number of rotatable bonds is 4. The number of hydrogen-bond acceptors (Lipinski definition) is 5. The minimum atomic E-state index is -1.01. The number of carbonyl (C=O) groups excluding carboxylic acids is 1. The Morgan fingerprint density at radius 2 is 2.50 bits per heavy atom. The van der Waals surface area contributed by atoms with E-state index in [2.05, 4.69) is 0 Å². The third-order valence-corrected chi connectivity index (χ3v) is 2.68. The first-order chi connectivity index (χ1) is 6.66. The van der Waals surface area contributed by atoms with Gasteiger partial charge < -0.3 is 15.6 Å². The lowest BCUT2D eigenvalue weighted by Gasteiger charge is -2.15. The van der Waals surface area contributed by atoms with E-state index in [1.807, 2.05) is 5.38 Å². The molecular weight excluding hydrogens is 202 g/mol. The van der Waals surface area contributed by atoms with Crippen LogP contribution in [-0.4, -0.2) is 23.7 Å². The number of aliphatic hydroxyl groups excluding tert-OH is 1. The summed E-state index contributed by atoms with van der Waals surface area (Å²) in [5.74, 6) is -0.576. The van der Waals surface area contributed by atoms with Gasteiger partial charge in [0.05, 0.1) is 6.61 Å². The van der Waals surface area contributed by atoms with Crippen LogP contribution in [0.15, 0.2) is 17.5 Å². The van der Waals surface area contributed by atoms with Gasteiger partial charge in [-0.3, -0.25) is 4.79 Å². The van der Waals surface area contributed by atoms with Crippen molar-refractivity contribution < 1.29 is 14.6 Å². The molecule has 4 nitrogen and oxygen atoms in total. The smallest absolute Gasteiger partial charge is 0.326 e. The summed E-state index contributed by atoms with van der Waals surface area (Å²) in [5, 5.41) is 11.5. The molecule has 3 N–H and O–H groups in total. The Hall–Kier alpha value is -0.910. The second kappa shape index (κ2) is 5.09. The zero-order valence-electron chi connectivity index (χ0n) is 7.84. The molecule has 1 rings (SSSR count). The molecule has 0 bridgehead atoms. The molecular formula is C9H13NO3S. The molecule has 0 fully saturated rings. The number of aliphatic hydroxyl groups is 1. The van der Waals surface area contributed by atoms with Crippen LogP contribution in [0, 0.1) is 0 Å². The standard InChI is InChI=1S/C9H13NO3S/c1-2-13-9(12)7(10)8(11)6-4-3-5-14-6/h3-5,7-8,11H,2,10H2,1H3/t7-,8-/m0/s1. The van der Waals surface area contributed by atoms with Crippen LogP contribution in [-0.2, 0) is 9.53 Å². The number of esters is 1. The summed E-state index contributed by atoms with van der Waals surface area (Å²) in [7, 11) is 0. The second-order valence-corrected chi connectivity index (χ2v) is 3.72. The molecule has 0 spiro atoms. The molecule has 0 aromatic carbocycles. The first kappa shape index (κ1) is 11.2. The number of ether oxygens (including phenoxy) is 1. The SMILES string of the molecule is CCOC(=O)[C@@H](N)[C@@H](O)c1cccs1. The van der Waals surface area contributed by atoms with E-state index >= 15 is 0 Å². The Morgan fingerprint density at radius 3 is 3.00 bits per heavy atom. The van der Waals surface area contributed by atoms with Crippen LogP contribution in [0.5, 0.6) is 0 Å². The molecule has 0 aliphatic rings. The topological polar surface area (TPSA) is 72.5 Å². The third-order valence-electron chi connectivity index (χ3n) is 1.73. The van der Waals surface area contributed by atoms with Crippen LogP contribution in [0.4, 0.5) is 0 Å². The summed E-state index contributed by atoms with van der Waals surface area (Å²) in [5.41, 5.74) is 5.52. The Balaban J connectivity index is 2.61. The molecule has 0 unspecified atom stereocenters. The maximum atomic E-state index is 11.2. The monoisotopic (exact) mass is 215 g/mol. The van der Waals surface area contributed by atoms with Crippen LogP contribution in [0.25, 0.3) is 0 Å². The Labute approximate surface area is 86.3 Å². The molecule has 78 valence electrons. The van der Waals surface area contributed by atoms with Gasteiger partial charge in [-0.15, -0.1) is 11.3 Å². The molecule has 0 radical (unpaired) electrons. The van der Waals surface area contributed by atoms with Gasteiger partial charge >= 0.3 is 5.97 Å². The predicted octanol–water partition coefficient (Wildman–Crippen LogP) is 0.672. The minimum absolute atomic E-state index is 0.268. The van der Waals surface area contributed by atoms with E-state index in [0.717, 1.165) is 0 Å². The summed E-state index contributed by atoms with van der Waals surface area (Å²) in [4.78, 5) is 11.8. The summed E-state index contributed by atoms with van der Waals surface area (Å²) in [6, 6.07) is 2.52. The quantitative estimate of drug-likeness (QED) is 0.724. The van der Waals surface area contributed by atoms with Crippen LogP contribution in [0.2, 0.25) is 0 Å². The van der Waals surface area contributed by atoms with Crippen molar-refractivity contribution >= 4 is 17.3 Å². The molecule has 1 aromatic rings. The fourth-order valence-corrected chi connectivity index (χ4v) is 1.76. The number of thiophene rings is 1. The number of nitrogens with two attached hydrogens (primary N) is 1. The molecule has 1 heterocycles. The first-order valence-corrected chi connectivity index (χ1v) is 5.18. The lowest BCUT2D eigenvalue weighted by atomic mass is 10.1. The Kier molecular flexibility index (Phi) is 4.06. The summed E-state index contributed by atoms with van der Waals surface area (Å²) in [6.45, 7) is 1.96. The van der Waals surface area contributed by atoms with E-state index in [9.17, 15) is 9.90 Å². The van der Waals surface area contributed by atoms with Gasteiger partial charge in [-0.2, -0.15) is 0 Å². The van der Waals surface area contributed by atoms with Gasteiger partial charge in [0.25, 0.3) is 0 Å². The van der Waals surface area contributed by atoms with Gasteiger partial charge in [-0.1, -0.05) is 6.07 Å². The van der Waals surface area contributed by atoms with Crippen molar-refractivity contribution in [2.75, 3.05) is 6.61 Å². The summed E-state index contributed by atoms with van der Waals surface area (Å²) >= 11 is 1.36. The highest BCUT2D eigenvalue weighted by molar-refractivity contribution is 7.10. The Bertz CT molecular complexity index is 286. The van der Waals surface area contributed by atoms with Crippen molar-refractivity contribution in [2.24, 2.45) is 5.73 Å².